The molecule has 0 spiro atoms. The summed E-state index contributed by atoms with van der Waals surface area (Å²) in [5, 5.41) is 12.4. The third kappa shape index (κ3) is 3.71. The van der Waals surface area contributed by atoms with E-state index in [1.165, 1.54) is 12.1 Å². The standard InChI is InChI=1S/C13H14F3NO2/c14-13(15,16)19-11-3-1-9(2-4-11)12-5-6-17-7-10(12)8-18/h1-4,17-18H,5-8H2. The van der Waals surface area contributed by atoms with E-state index in [-0.39, 0.29) is 12.4 Å². The summed E-state index contributed by atoms with van der Waals surface area (Å²) >= 11 is 0. The molecule has 0 saturated heterocycles. The van der Waals surface area contributed by atoms with Crippen LogP contribution in [0.2, 0.25) is 0 Å². The monoisotopic (exact) mass is 273 g/mol. The normalized spacial score (nSPS) is 16.6. The Balaban J connectivity index is 2.20. The van der Waals surface area contributed by atoms with Crippen molar-refractivity contribution >= 4 is 5.57 Å². The molecule has 104 valence electrons. The maximum atomic E-state index is 12.0. The van der Waals surface area contributed by atoms with Crippen LogP contribution < -0.4 is 10.1 Å². The fourth-order valence-corrected chi connectivity index (χ4v) is 2.09. The van der Waals surface area contributed by atoms with E-state index in [0.717, 1.165) is 29.7 Å². The number of rotatable bonds is 3. The zero-order valence-corrected chi connectivity index (χ0v) is 10.1. The molecule has 1 aliphatic heterocycles. The smallest absolute Gasteiger partial charge is 0.406 e. The molecule has 0 unspecified atom stereocenters. The second-order valence-electron chi connectivity index (χ2n) is 4.24. The number of ether oxygens (including phenoxy) is 1. The highest BCUT2D eigenvalue weighted by Crippen LogP contribution is 2.28. The first kappa shape index (κ1) is 13.9. The third-order valence-corrected chi connectivity index (χ3v) is 2.94. The lowest BCUT2D eigenvalue weighted by atomic mass is 9.94. The lowest BCUT2D eigenvalue weighted by Gasteiger charge is -2.20. The maximum absolute atomic E-state index is 12.0. The van der Waals surface area contributed by atoms with E-state index >= 15 is 0 Å². The molecular formula is C13H14F3NO2. The summed E-state index contributed by atoms with van der Waals surface area (Å²) in [4.78, 5) is 0. The first-order chi connectivity index (χ1) is 8.99. The largest absolute Gasteiger partial charge is 0.573 e. The number of nitrogens with one attached hydrogen (secondary N) is 1. The van der Waals surface area contributed by atoms with Crippen LogP contribution in [0.3, 0.4) is 0 Å². The minimum atomic E-state index is -4.67. The lowest BCUT2D eigenvalue weighted by Crippen LogP contribution is -2.26. The molecule has 0 fully saturated rings. The quantitative estimate of drug-likeness (QED) is 0.888. The molecule has 2 rings (SSSR count). The van der Waals surface area contributed by atoms with Crippen LogP contribution in [0.4, 0.5) is 13.2 Å². The molecule has 1 aromatic carbocycles. The van der Waals surface area contributed by atoms with Gasteiger partial charge in [-0.15, -0.1) is 13.2 Å². The Morgan fingerprint density at radius 3 is 2.47 bits per heavy atom. The molecule has 0 aliphatic carbocycles. The molecule has 0 aromatic heterocycles. The predicted octanol–water partition coefficient (Wildman–Crippen LogP) is 2.32. The Morgan fingerprint density at radius 1 is 1.21 bits per heavy atom. The van der Waals surface area contributed by atoms with Crippen LogP contribution in [-0.2, 0) is 0 Å². The number of benzene rings is 1. The van der Waals surface area contributed by atoms with Crippen LogP contribution >= 0.6 is 0 Å². The summed E-state index contributed by atoms with van der Waals surface area (Å²) < 4.78 is 39.9. The van der Waals surface area contributed by atoms with Crippen molar-refractivity contribution in [3.05, 3.63) is 35.4 Å². The number of aliphatic hydroxyl groups excluding tert-OH is 1. The summed E-state index contributed by atoms with van der Waals surface area (Å²) in [6.45, 7) is 1.34. The van der Waals surface area contributed by atoms with Gasteiger partial charge in [0.05, 0.1) is 6.61 Å². The van der Waals surface area contributed by atoms with Crippen LogP contribution in [0, 0.1) is 0 Å². The summed E-state index contributed by atoms with van der Waals surface area (Å²) in [5.74, 6) is -0.240. The van der Waals surface area contributed by atoms with Gasteiger partial charge >= 0.3 is 6.36 Å². The highest BCUT2D eigenvalue weighted by atomic mass is 19.4. The third-order valence-electron chi connectivity index (χ3n) is 2.94. The van der Waals surface area contributed by atoms with Gasteiger partial charge in [-0.25, -0.2) is 0 Å². The Bertz CT molecular complexity index is 466. The molecule has 2 N–H and O–H groups in total. The first-order valence-electron chi connectivity index (χ1n) is 5.88. The van der Waals surface area contributed by atoms with Crippen molar-refractivity contribution < 1.29 is 23.0 Å². The molecule has 0 atom stereocenters. The maximum Gasteiger partial charge on any atom is 0.573 e. The van der Waals surface area contributed by atoms with Gasteiger partial charge in [0.2, 0.25) is 0 Å². The van der Waals surface area contributed by atoms with Gasteiger partial charge in [0.25, 0.3) is 0 Å². The van der Waals surface area contributed by atoms with Crippen LogP contribution in [0.15, 0.2) is 29.8 Å². The van der Waals surface area contributed by atoms with Gasteiger partial charge in [-0.1, -0.05) is 12.1 Å². The Morgan fingerprint density at radius 2 is 1.89 bits per heavy atom. The molecule has 6 heteroatoms. The number of hydrogen-bond donors (Lipinski definition) is 2. The van der Waals surface area contributed by atoms with Gasteiger partial charge in [-0.3, -0.25) is 0 Å². The summed E-state index contributed by atoms with van der Waals surface area (Å²) in [6, 6.07) is 5.73. The van der Waals surface area contributed by atoms with Crippen LogP contribution in [0.1, 0.15) is 12.0 Å². The van der Waals surface area contributed by atoms with Gasteiger partial charge in [0.15, 0.2) is 0 Å². The minimum Gasteiger partial charge on any atom is -0.406 e. The van der Waals surface area contributed by atoms with E-state index < -0.39 is 6.36 Å². The van der Waals surface area contributed by atoms with Crippen LogP contribution in [0.25, 0.3) is 5.57 Å². The van der Waals surface area contributed by atoms with Crippen LogP contribution in [0.5, 0.6) is 5.75 Å². The molecule has 1 aromatic rings. The van der Waals surface area contributed by atoms with Crippen molar-refractivity contribution in [1.29, 1.82) is 0 Å². The van der Waals surface area contributed by atoms with Crippen molar-refractivity contribution in [2.24, 2.45) is 0 Å². The van der Waals surface area contributed by atoms with Crippen LogP contribution in [-0.4, -0.2) is 31.2 Å². The molecule has 1 aliphatic rings. The van der Waals surface area contributed by atoms with E-state index in [9.17, 15) is 18.3 Å². The van der Waals surface area contributed by atoms with Gasteiger partial charge in [-0.2, -0.15) is 0 Å². The fraction of sp³-hybridized carbons (Fsp3) is 0.385. The summed E-state index contributed by atoms with van der Waals surface area (Å²) in [7, 11) is 0. The molecule has 0 bridgehead atoms. The molecule has 19 heavy (non-hydrogen) atoms. The van der Waals surface area contributed by atoms with E-state index in [1.54, 1.807) is 12.1 Å². The van der Waals surface area contributed by atoms with Gasteiger partial charge in [0, 0.05) is 6.54 Å². The minimum absolute atomic E-state index is 0.0524. The molecule has 0 saturated carbocycles. The van der Waals surface area contributed by atoms with E-state index in [2.05, 4.69) is 10.1 Å². The number of aliphatic hydroxyl groups is 1. The Labute approximate surface area is 108 Å². The summed E-state index contributed by atoms with van der Waals surface area (Å²) in [5.41, 5.74) is 2.68. The summed E-state index contributed by atoms with van der Waals surface area (Å²) in [6.07, 6.45) is -3.93. The fourth-order valence-electron chi connectivity index (χ4n) is 2.09. The highest BCUT2D eigenvalue weighted by molar-refractivity contribution is 5.70. The second-order valence-corrected chi connectivity index (χ2v) is 4.24. The predicted molar refractivity (Wildman–Crippen MR) is 64.6 cm³/mol. The Kier molecular flexibility index (Phi) is 4.11. The molecule has 0 radical (unpaired) electrons. The first-order valence-corrected chi connectivity index (χ1v) is 5.88. The zero-order chi connectivity index (χ0) is 13.9. The van der Waals surface area contributed by atoms with Crippen molar-refractivity contribution in [2.45, 2.75) is 12.8 Å². The molecule has 1 heterocycles. The number of hydrogen-bond acceptors (Lipinski definition) is 3. The van der Waals surface area contributed by atoms with Crippen molar-refractivity contribution in [2.75, 3.05) is 19.7 Å². The number of alkyl halides is 3. The van der Waals surface area contributed by atoms with Gasteiger partial charge in [0.1, 0.15) is 5.75 Å². The van der Waals surface area contributed by atoms with E-state index in [0.29, 0.717) is 6.54 Å². The zero-order valence-electron chi connectivity index (χ0n) is 10.1. The molecular weight excluding hydrogens is 259 g/mol. The van der Waals surface area contributed by atoms with E-state index in [1.807, 2.05) is 0 Å². The topological polar surface area (TPSA) is 41.5 Å². The lowest BCUT2D eigenvalue weighted by molar-refractivity contribution is -0.274. The number of halogens is 3. The second kappa shape index (κ2) is 5.63. The Hall–Kier alpha value is -1.53. The average molecular weight is 273 g/mol. The van der Waals surface area contributed by atoms with Gasteiger partial charge in [-0.05, 0) is 41.8 Å². The SMILES string of the molecule is OCC1=C(c2ccc(OC(F)(F)F)cc2)CCNC1. The average Bonchev–Trinajstić information content (AvgIpc) is 2.38. The van der Waals surface area contributed by atoms with Crippen molar-refractivity contribution in [3.8, 4) is 5.75 Å². The highest BCUT2D eigenvalue weighted by Gasteiger charge is 2.31. The van der Waals surface area contributed by atoms with Crippen molar-refractivity contribution in [1.82, 2.24) is 5.32 Å². The van der Waals surface area contributed by atoms with E-state index in [4.69, 9.17) is 0 Å². The molecule has 0 amide bonds. The molecule has 3 nitrogen and oxygen atoms in total. The van der Waals surface area contributed by atoms with Gasteiger partial charge < -0.3 is 15.2 Å². The van der Waals surface area contributed by atoms with Crippen molar-refractivity contribution in [3.63, 3.8) is 0 Å².